The van der Waals surface area contributed by atoms with Gasteiger partial charge in [-0.15, -0.1) is 0 Å². The summed E-state index contributed by atoms with van der Waals surface area (Å²) in [7, 11) is -1.95. The van der Waals surface area contributed by atoms with Gasteiger partial charge in [-0.05, 0) is 12.1 Å². The molecule has 7 nitrogen and oxygen atoms in total. The van der Waals surface area contributed by atoms with Crippen LogP contribution in [0, 0.1) is 0 Å². The summed E-state index contributed by atoms with van der Waals surface area (Å²) in [5.41, 5.74) is 6.03. The van der Waals surface area contributed by atoms with Gasteiger partial charge in [-0.2, -0.15) is 5.10 Å². The summed E-state index contributed by atoms with van der Waals surface area (Å²) in [4.78, 5) is 4.01. The molecule has 18 heavy (non-hydrogen) atoms. The summed E-state index contributed by atoms with van der Waals surface area (Å²) in [6, 6.07) is 4.60. The molecule has 2 rings (SSSR count). The molecular weight excluding hydrogens is 254 g/mol. The summed E-state index contributed by atoms with van der Waals surface area (Å²) in [6.07, 6.45) is 2.92. The van der Waals surface area contributed by atoms with Gasteiger partial charge in [0, 0.05) is 32.1 Å². The number of aromatic nitrogens is 3. The summed E-state index contributed by atoms with van der Waals surface area (Å²) in [6.45, 7) is 0.272. The van der Waals surface area contributed by atoms with Crippen molar-refractivity contribution < 1.29 is 8.42 Å². The van der Waals surface area contributed by atoms with E-state index in [1.165, 1.54) is 16.9 Å². The molecule has 2 heterocycles. The SMILES string of the molecule is Cn1ccc(NS(=O)(=O)c2ccc(CN)nc2)n1. The van der Waals surface area contributed by atoms with Crippen LogP contribution < -0.4 is 10.5 Å². The number of nitrogens with one attached hydrogen (secondary N) is 1. The van der Waals surface area contributed by atoms with E-state index in [1.54, 1.807) is 25.4 Å². The molecule has 2 aromatic rings. The van der Waals surface area contributed by atoms with Crippen LogP contribution in [0.1, 0.15) is 5.69 Å². The maximum atomic E-state index is 12.0. The van der Waals surface area contributed by atoms with Crippen LogP contribution in [0.25, 0.3) is 0 Å². The average Bonchev–Trinajstić information content (AvgIpc) is 2.74. The molecule has 0 saturated carbocycles. The molecule has 0 amide bonds. The Kier molecular flexibility index (Phi) is 3.30. The third kappa shape index (κ3) is 2.66. The van der Waals surface area contributed by atoms with Crippen molar-refractivity contribution in [1.82, 2.24) is 14.8 Å². The molecule has 0 spiro atoms. The van der Waals surface area contributed by atoms with E-state index in [0.717, 1.165) is 0 Å². The Morgan fingerprint density at radius 2 is 2.17 bits per heavy atom. The molecule has 3 N–H and O–H groups in total. The number of hydrogen-bond acceptors (Lipinski definition) is 5. The molecular formula is C10H13N5O2S. The Labute approximate surface area is 105 Å². The lowest BCUT2D eigenvalue weighted by Gasteiger charge is -2.05. The van der Waals surface area contributed by atoms with Gasteiger partial charge in [0.05, 0.1) is 5.69 Å². The highest BCUT2D eigenvalue weighted by molar-refractivity contribution is 7.92. The maximum Gasteiger partial charge on any atom is 0.264 e. The standard InChI is InChI=1S/C10H13N5O2S/c1-15-5-4-10(13-15)14-18(16,17)9-3-2-8(6-11)12-7-9/h2-5,7H,6,11H2,1H3,(H,13,14). The second kappa shape index (κ2) is 4.75. The Morgan fingerprint density at radius 1 is 1.39 bits per heavy atom. The lowest BCUT2D eigenvalue weighted by Crippen LogP contribution is -2.14. The minimum absolute atomic E-state index is 0.0744. The zero-order chi connectivity index (χ0) is 13.2. The van der Waals surface area contributed by atoms with Crippen molar-refractivity contribution in [2.45, 2.75) is 11.4 Å². The molecule has 0 aromatic carbocycles. The minimum atomic E-state index is -3.65. The number of anilines is 1. The summed E-state index contributed by atoms with van der Waals surface area (Å²) in [5.74, 6) is 0.264. The van der Waals surface area contributed by atoms with Gasteiger partial charge in [0.2, 0.25) is 0 Å². The third-order valence-electron chi connectivity index (χ3n) is 2.27. The molecule has 0 saturated heterocycles. The summed E-state index contributed by atoms with van der Waals surface area (Å²) >= 11 is 0. The first-order valence-corrected chi connectivity index (χ1v) is 6.67. The maximum absolute atomic E-state index is 12.0. The Morgan fingerprint density at radius 3 is 2.67 bits per heavy atom. The van der Waals surface area contributed by atoms with Crippen molar-refractivity contribution in [3.63, 3.8) is 0 Å². The number of aryl methyl sites for hydroxylation is 1. The van der Waals surface area contributed by atoms with Gasteiger partial charge in [0.1, 0.15) is 4.90 Å². The number of hydrogen-bond donors (Lipinski definition) is 2. The van der Waals surface area contributed by atoms with E-state index >= 15 is 0 Å². The first-order valence-electron chi connectivity index (χ1n) is 5.19. The van der Waals surface area contributed by atoms with Crippen LogP contribution in [-0.2, 0) is 23.6 Å². The lowest BCUT2D eigenvalue weighted by atomic mass is 10.4. The van der Waals surface area contributed by atoms with Crippen molar-refractivity contribution in [2.24, 2.45) is 12.8 Å². The smallest absolute Gasteiger partial charge is 0.264 e. The number of nitrogens with two attached hydrogens (primary N) is 1. The topological polar surface area (TPSA) is 103 Å². The van der Waals surface area contributed by atoms with Crippen molar-refractivity contribution in [2.75, 3.05) is 4.72 Å². The van der Waals surface area contributed by atoms with Crippen LogP contribution in [0.3, 0.4) is 0 Å². The van der Waals surface area contributed by atoms with Crippen LogP contribution in [0.5, 0.6) is 0 Å². The molecule has 0 aliphatic carbocycles. The van der Waals surface area contributed by atoms with Crippen molar-refractivity contribution >= 4 is 15.8 Å². The van der Waals surface area contributed by atoms with Gasteiger partial charge in [0.15, 0.2) is 5.82 Å². The molecule has 8 heteroatoms. The van der Waals surface area contributed by atoms with Crippen molar-refractivity contribution in [1.29, 1.82) is 0 Å². The molecule has 0 aliphatic heterocycles. The van der Waals surface area contributed by atoms with Gasteiger partial charge >= 0.3 is 0 Å². The number of sulfonamides is 1. The van der Waals surface area contributed by atoms with Gasteiger partial charge in [-0.1, -0.05) is 0 Å². The zero-order valence-corrected chi connectivity index (χ0v) is 10.6. The number of pyridine rings is 1. The fraction of sp³-hybridized carbons (Fsp3) is 0.200. The second-order valence-corrected chi connectivity index (χ2v) is 5.35. The van der Waals surface area contributed by atoms with E-state index in [-0.39, 0.29) is 17.3 Å². The zero-order valence-electron chi connectivity index (χ0n) is 9.74. The number of rotatable bonds is 4. The molecule has 0 fully saturated rings. The van der Waals surface area contributed by atoms with Crippen LogP contribution >= 0.6 is 0 Å². The fourth-order valence-electron chi connectivity index (χ4n) is 1.36. The minimum Gasteiger partial charge on any atom is -0.325 e. The molecule has 0 radical (unpaired) electrons. The van der Waals surface area contributed by atoms with Crippen molar-refractivity contribution in [3.05, 3.63) is 36.3 Å². The van der Waals surface area contributed by atoms with Crippen molar-refractivity contribution in [3.8, 4) is 0 Å². The van der Waals surface area contributed by atoms with Crippen LogP contribution in [0.4, 0.5) is 5.82 Å². The lowest BCUT2D eigenvalue weighted by molar-refractivity contribution is 0.600. The quantitative estimate of drug-likeness (QED) is 0.816. The largest absolute Gasteiger partial charge is 0.325 e. The van der Waals surface area contributed by atoms with Gasteiger partial charge in [-0.3, -0.25) is 14.4 Å². The highest BCUT2D eigenvalue weighted by atomic mass is 32.2. The molecule has 0 bridgehead atoms. The third-order valence-corrected chi connectivity index (χ3v) is 3.61. The predicted octanol–water partition coefficient (Wildman–Crippen LogP) is 0.0746. The predicted molar refractivity (Wildman–Crippen MR) is 66.1 cm³/mol. The Bertz CT molecular complexity index is 633. The van der Waals surface area contributed by atoms with E-state index < -0.39 is 10.0 Å². The van der Waals surface area contributed by atoms with E-state index in [4.69, 9.17) is 5.73 Å². The molecule has 0 unspecified atom stereocenters. The molecule has 0 atom stereocenters. The average molecular weight is 267 g/mol. The van der Waals surface area contributed by atoms with E-state index in [2.05, 4.69) is 14.8 Å². The molecule has 2 aromatic heterocycles. The summed E-state index contributed by atoms with van der Waals surface area (Å²) in [5, 5.41) is 3.94. The van der Waals surface area contributed by atoms with Crippen LogP contribution in [0.15, 0.2) is 35.5 Å². The molecule has 96 valence electrons. The van der Waals surface area contributed by atoms with Gasteiger partial charge in [0.25, 0.3) is 10.0 Å². The monoisotopic (exact) mass is 267 g/mol. The second-order valence-electron chi connectivity index (χ2n) is 3.67. The van der Waals surface area contributed by atoms with Crippen LogP contribution in [-0.4, -0.2) is 23.2 Å². The normalized spacial score (nSPS) is 11.4. The van der Waals surface area contributed by atoms with Gasteiger partial charge < -0.3 is 5.73 Å². The Balaban J connectivity index is 2.24. The first-order chi connectivity index (χ1) is 8.51. The van der Waals surface area contributed by atoms with Crippen LogP contribution in [0.2, 0.25) is 0 Å². The number of nitrogens with zero attached hydrogens (tertiary/aromatic N) is 3. The fourth-order valence-corrected chi connectivity index (χ4v) is 2.30. The molecule has 0 aliphatic rings. The van der Waals surface area contributed by atoms with E-state index in [0.29, 0.717) is 5.69 Å². The Hall–Kier alpha value is -1.93. The van der Waals surface area contributed by atoms with E-state index in [9.17, 15) is 8.42 Å². The van der Waals surface area contributed by atoms with E-state index in [1.807, 2.05) is 0 Å². The highest BCUT2D eigenvalue weighted by Gasteiger charge is 2.15. The highest BCUT2D eigenvalue weighted by Crippen LogP contribution is 2.13. The van der Waals surface area contributed by atoms with Gasteiger partial charge in [-0.25, -0.2) is 8.42 Å². The first kappa shape index (κ1) is 12.5. The summed E-state index contributed by atoms with van der Waals surface area (Å²) < 4.78 is 27.8.